The van der Waals surface area contributed by atoms with Crippen molar-refractivity contribution in [3.8, 4) is 0 Å². The van der Waals surface area contributed by atoms with Crippen molar-refractivity contribution >= 4 is 17.7 Å². The van der Waals surface area contributed by atoms with Gasteiger partial charge >= 0.3 is 5.97 Å². The van der Waals surface area contributed by atoms with Crippen molar-refractivity contribution in [1.29, 1.82) is 0 Å². The normalized spacial score (nSPS) is 30.1. The summed E-state index contributed by atoms with van der Waals surface area (Å²) in [6.45, 7) is 3.97. The minimum absolute atomic E-state index is 0.432. The van der Waals surface area contributed by atoms with Gasteiger partial charge in [0, 0.05) is 11.8 Å². The molecule has 2 aliphatic heterocycles. The van der Waals surface area contributed by atoms with Crippen LogP contribution in [0.1, 0.15) is 39.0 Å². The molecule has 2 saturated heterocycles. The number of carbonyl (C=O) groups is 1. The fraction of sp³-hybridized carbons (Fsp3) is 0.923. The van der Waals surface area contributed by atoms with Crippen molar-refractivity contribution < 1.29 is 9.90 Å². The Bertz CT molecular complexity index is 269. The lowest BCUT2D eigenvalue weighted by molar-refractivity contribution is -0.152. The lowest BCUT2D eigenvalue weighted by Crippen LogP contribution is -2.49. The van der Waals surface area contributed by atoms with Gasteiger partial charge in [-0.25, -0.2) is 0 Å². The molecule has 0 spiro atoms. The molecule has 98 valence electrons. The fourth-order valence-corrected chi connectivity index (χ4v) is 4.23. The van der Waals surface area contributed by atoms with E-state index in [9.17, 15) is 9.90 Å². The second-order valence-corrected chi connectivity index (χ2v) is 6.50. The number of thioether (sulfide) groups is 1. The summed E-state index contributed by atoms with van der Waals surface area (Å²) in [4.78, 5) is 13.9. The Morgan fingerprint density at radius 1 is 1.47 bits per heavy atom. The monoisotopic (exact) mass is 257 g/mol. The van der Waals surface area contributed by atoms with Crippen LogP contribution in [-0.2, 0) is 4.79 Å². The first-order chi connectivity index (χ1) is 8.18. The number of likely N-dealkylation sites (tertiary alicyclic amines) is 1. The minimum Gasteiger partial charge on any atom is -0.481 e. The number of carboxylic acid groups (broad SMARTS) is 1. The maximum atomic E-state index is 11.4. The number of hydrogen-bond donors (Lipinski definition) is 1. The molecule has 0 aromatic heterocycles. The minimum atomic E-state index is -0.585. The standard InChI is InChI=1S/C13H23NO2S/c1-2-13(12(15)16)5-7-14(8-6-13)11-4-3-9-17-10-11/h11H,2-10H2,1H3,(H,15,16). The predicted molar refractivity (Wildman–Crippen MR) is 71.5 cm³/mol. The second-order valence-electron chi connectivity index (χ2n) is 5.35. The van der Waals surface area contributed by atoms with E-state index in [2.05, 4.69) is 16.7 Å². The molecule has 0 bridgehead atoms. The average Bonchev–Trinajstić information content (AvgIpc) is 2.39. The molecule has 0 aromatic rings. The van der Waals surface area contributed by atoms with Crippen LogP contribution in [-0.4, -0.2) is 46.6 Å². The van der Waals surface area contributed by atoms with Crippen LogP contribution in [0.15, 0.2) is 0 Å². The molecule has 1 unspecified atom stereocenters. The molecule has 3 nitrogen and oxygen atoms in total. The highest BCUT2D eigenvalue weighted by Gasteiger charge is 2.41. The lowest BCUT2D eigenvalue weighted by Gasteiger charge is -2.42. The van der Waals surface area contributed by atoms with Gasteiger partial charge in [0.15, 0.2) is 0 Å². The average molecular weight is 257 g/mol. The van der Waals surface area contributed by atoms with Gasteiger partial charge in [-0.1, -0.05) is 6.92 Å². The summed E-state index contributed by atoms with van der Waals surface area (Å²) in [5.74, 6) is 1.96. The Morgan fingerprint density at radius 3 is 2.65 bits per heavy atom. The highest BCUT2D eigenvalue weighted by Crippen LogP contribution is 2.36. The van der Waals surface area contributed by atoms with Crippen LogP contribution in [0.5, 0.6) is 0 Å². The first kappa shape index (κ1) is 13.2. The van der Waals surface area contributed by atoms with E-state index in [0.29, 0.717) is 6.04 Å². The van der Waals surface area contributed by atoms with Gasteiger partial charge in [0.2, 0.25) is 0 Å². The van der Waals surface area contributed by atoms with Crippen molar-refractivity contribution in [2.45, 2.75) is 45.1 Å². The van der Waals surface area contributed by atoms with Crippen LogP contribution in [0.25, 0.3) is 0 Å². The van der Waals surface area contributed by atoms with Crippen molar-refractivity contribution in [1.82, 2.24) is 4.90 Å². The Kier molecular flexibility index (Phi) is 4.36. The van der Waals surface area contributed by atoms with E-state index < -0.39 is 11.4 Å². The van der Waals surface area contributed by atoms with E-state index >= 15 is 0 Å². The highest BCUT2D eigenvalue weighted by atomic mass is 32.2. The number of rotatable bonds is 3. The van der Waals surface area contributed by atoms with E-state index in [-0.39, 0.29) is 0 Å². The van der Waals surface area contributed by atoms with Gasteiger partial charge in [-0.15, -0.1) is 0 Å². The van der Waals surface area contributed by atoms with Crippen molar-refractivity contribution in [2.24, 2.45) is 5.41 Å². The molecule has 1 atom stereocenters. The number of aliphatic carboxylic acids is 1. The van der Waals surface area contributed by atoms with Crippen molar-refractivity contribution in [2.75, 3.05) is 24.6 Å². The smallest absolute Gasteiger partial charge is 0.309 e. The van der Waals surface area contributed by atoms with Crippen LogP contribution < -0.4 is 0 Å². The molecular formula is C13H23NO2S. The van der Waals surface area contributed by atoms with Gasteiger partial charge in [-0.2, -0.15) is 11.8 Å². The quantitative estimate of drug-likeness (QED) is 0.843. The van der Waals surface area contributed by atoms with Crippen LogP contribution in [0.2, 0.25) is 0 Å². The molecule has 2 aliphatic rings. The van der Waals surface area contributed by atoms with Gasteiger partial charge in [-0.3, -0.25) is 9.69 Å². The topological polar surface area (TPSA) is 40.5 Å². The van der Waals surface area contributed by atoms with E-state index in [1.807, 2.05) is 6.92 Å². The van der Waals surface area contributed by atoms with Gasteiger partial charge in [0.05, 0.1) is 5.41 Å². The van der Waals surface area contributed by atoms with E-state index in [4.69, 9.17) is 0 Å². The third-order valence-corrected chi connectivity index (χ3v) is 5.74. The lowest BCUT2D eigenvalue weighted by atomic mass is 9.76. The SMILES string of the molecule is CCC1(C(=O)O)CCN(C2CCCSC2)CC1. The first-order valence-corrected chi connectivity index (χ1v) is 7.88. The highest BCUT2D eigenvalue weighted by molar-refractivity contribution is 7.99. The van der Waals surface area contributed by atoms with Crippen LogP contribution >= 0.6 is 11.8 Å². The molecule has 0 saturated carbocycles. The Hall–Kier alpha value is -0.220. The number of piperidine rings is 1. The molecule has 4 heteroatoms. The van der Waals surface area contributed by atoms with Crippen LogP contribution in [0, 0.1) is 5.41 Å². The summed E-state index contributed by atoms with van der Waals surface area (Å²) >= 11 is 2.05. The van der Waals surface area contributed by atoms with E-state index in [1.165, 1.54) is 24.3 Å². The predicted octanol–water partition coefficient (Wildman–Crippen LogP) is 2.46. The summed E-state index contributed by atoms with van der Waals surface area (Å²) in [5, 5.41) is 9.36. The van der Waals surface area contributed by atoms with Crippen LogP contribution in [0.3, 0.4) is 0 Å². The summed E-state index contributed by atoms with van der Waals surface area (Å²) in [6, 6.07) is 0.706. The molecule has 0 aromatic carbocycles. The Morgan fingerprint density at radius 2 is 2.18 bits per heavy atom. The molecule has 1 N–H and O–H groups in total. The number of hydrogen-bond acceptors (Lipinski definition) is 3. The van der Waals surface area contributed by atoms with Crippen molar-refractivity contribution in [3.05, 3.63) is 0 Å². The van der Waals surface area contributed by atoms with Gasteiger partial charge in [-0.05, 0) is 50.9 Å². The van der Waals surface area contributed by atoms with E-state index in [0.717, 1.165) is 32.4 Å². The first-order valence-electron chi connectivity index (χ1n) is 6.73. The third-order valence-electron chi connectivity index (χ3n) is 4.54. The summed E-state index contributed by atoms with van der Waals surface area (Å²) in [6.07, 6.45) is 5.07. The zero-order valence-corrected chi connectivity index (χ0v) is 11.5. The molecule has 2 rings (SSSR count). The summed E-state index contributed by atoms with van der Waals surface area (Å²) in [7, 11) is 0. The van der Waals surface area contributed by atoms with Crippen molar-refractivity contribution in [3.63, 3.8) is 0 Å². The van der Waals surface area contributed by atoms with E-state index in [1.54, 1.807) is 0 Å². The summed E-state index contributed by atoms with van der Waals surface area (Å²) in [5.41, 5.74) is -0.432. The molecular weight excluding hydrogens is 234 g/mol. The fourth-order valence-electron chi connectivity index (χ4n) is 3.05. The van der Waals surface area contributed by atoms with Gasteiger partial charge in [0.25, 0.3) is 0 Å². The molecule has 17 heavy (non-hydrogen) atoms. The Labute approximate surface area is 108 Å². The Balaban J connectivity index is 1.90. The van der Waals surface area contributed by atoms with Crippen LogP contribution in [0.4, 0.5) is 0 Å². The largest absolute Gasteiger partial charge is 0.481 e. The zero-order chi connectivity index (χ0) is 12.3. The number of nitrogens with zero attached hydrogens (tertiary/aromatic N) is 1. The number of carboxylic acids is 1. The van der Waals surface area contributed by atoms with Gasteiger partial charge in [0.1, 0.15) is 0 Å². The molecule has 2 fully saturated rings. The molecule has 0 amide bonds. The van der Waals surface area contributed by atoms with Gasteiger partial charge < -0.3 is 5.11 Å². The summed E-state index contributed by atoms with van der Waals surface area (Å²) < 4.78 is 0. The maximum Gasteiger partial charge on any atom is 0.309 e. The molecule has 0 radical (unpaired) electrons. The second kappa shape index (κ2) is 5.61. The molecule has 0 aliphatic carbocycles. The maximum absolute atomic E-state index is 11.4. The molecule has 2 heterocycles. The third kappa shape index (κ3) is 2.79. The zero-order valence-electron chi connectivity index (χ0n) is 10.7.